The normalized spacial score (nSPS) is 10.7. The van der Waals surface area contributed by atoms with Crippen molar-refractivity contribution in [2.45, 2.75) is 11.6 Å². The van der Waals surface area contributed by atoms with Gasteiger partial charge >= 0.3 is 0 Å². The van der Waals surface area contributed by atoms with Crippen LogP contribution in [0.15, 0.2) is 52.1 Å². The van der Waals surface area contributed by atoms with Crippen LogP contribution >= 0.6 is 27.7 Å². The Labute approximate surface area is 189 Å². The van der Waals surface area contributed by atoms with Gasteiger partial charge in [-0.25, -0.2) is 8.78 Å². The van der Waals surface area contributed by atoms with E-state index in [1.165, 1.54) is 30.3 Å². The fourth-order valence-corrected chi connectivity index (χ4v) is 3.69. The van der Waals surface area contributed by atoms with Gasteiger partial charge in [-0.2, -0.15) is 0 Å². The zero-order valence-electron chi connectivity index (χ0n) is 16.4. The quantitative estimate of drug-likeness (QED) is 0.453. The Bertz CT molecular complexity index is 1110. The van der Waals surface area contributed by atoms with Crippen molar-refractivity contribution in [3.63, 3.8) is 0 Å². The van der Waals surface area contributed by atoms with Crippen LogP contribution in [0.2, 0.25) is 0 Å². The Hall–Kier alpha value is -2.79. The molecule has 0 aliphatic carbocycles. The SMILES string of the molecule is Cn1c(CCNC(=O)c2ccccc2F)nnc1SCC(=O)Nc1ccc(Br)cc1F. The van der Waals surface area contributed by atoms with Gasteiger partial charge in [0.2, 0.25) is 5.91 Å². The second-order valence-electron chi connectivity index (χ2n) is 6.40. The highest BCUT2D eigenvalue weighted by molar-refractivity contribution is 9.10. The number of amides is 2. The smallest absolute Gasteiger partial charge is 0.254 e. The molecule has 1 heterocycles. The maximum Gasteiger partial charge on any atom is 0.254 e. The molecule has 0 saturated carbocycles. The molecule has 11 heteroatoms. The average Bonchev–Trinajstić information content (AvgIpc) is 3.08. The number of hydrogen-bond acceptors (Lipinski definition) is 5. The van der Waals surface area contributed by atoms with Gasteiger partial charge in [0.1, 0.15) is 17.5 Å². The van der Waals surface area contributed by atoms with Gasteiger partial charge in [-0.05, 0) is 30.3 Å². The molecule has 0 bridgehead atoms. The fraction of sp³-hybridized carbons (Fsp3) is 0.200. The largest absolute Gasteiger partial charge is 0.351 e. The molecule has 0 radical (unpaired) electrons. The standard InChI is InChI=1S/C20H18BrF2N5O2S/c1-28-17(8-9-24-19(30)13-4-2-3-5-14(13)22)26-27-20(28)31-11-18(29)25-16-7-6-12(21)10-15(16)23/h2-7,10H,8-9,11H2,1H3,(H,24,30)(H,25,29). The van der Waals surface area contributed by atoms with Gasteiger partial charge in [-0.1, -0.05) is 39.8 Å². The van der Waals surface area contributed by atoms with E-state index in [2.05, 4.69) is 36.8 Å². The van der Waals surface area contributed by atoms with Gasteiger partial charge in [0.15, 0.2) is 5.16 Å². The van der Waals surface area contributed by atoms with E-state index >= 15 is 0 Å². The molecule has 0 unspecified atom stereocenters. The lowest BCUT2D eigenvalue weighted by Gasteiger charge is -2.07. The molecule has 2 N–H and O–H groups in total. The van der Waals surface area contributed by atoms with Crippen molar-refractivity contribution in [1.82, 2.24) is 20.1 Å². The van der Waals surface area contributed by atoms with E-state index in [1.807, 2.05) is 0 Å². The van der Waals surface area contributed by atoms with Crippen LogP contribution in [-0.2, 0) is 18.3 Å². The van der Waals surface area contributed by atoms with Crippen molar-refractivity contribution in [3.05, 3.63) is 70.0 Å². The van der Waals surface area contributed by atoms with Gasteiger partial charge in [0.05, 0.1) is 17.0 Å². The van der Waals surface area contributed by atoms with Crippen molar-refractivity contribution in [2.75, 3.05) is 17.6 Å². The summed E-state index contributed by atoms with van der Waals surface area (Å²) >= 11 is 4.31. The summed E-state index contributed by atoms with van der Waals surface area (Å²) in [4.78, 5) is 24.1. The minimum Gasteiger partial charge on any atom is -0.351 e. The van der Waals surface area contributed by atoms with E-state index in [4.69, 9.17) is 0 Å². The molecular weight excluding hydrogens is 492 g/mol. The number of halogens is 3. The Kier molecular flexibility index (Phi) is 7.75. The molecule has 3 rings (SSSR count). The van der Waals surface area contributed by atoms with Crippen LogP contribution in [0.3, 0.4) is 0 Å². The van der Waals surface area contributed by atoms with Gasteiger partial charge in [-0.3, -0.25) is 9.59 Å². The van der Waals surface area contributed by atoms with Gasteiger partial charge in [0, 0.05) is 24.5 Å². The van der Waals surface area contributed by atoms with E-state index in [1.54, 1.807) is 23.7 Å². The molecule has 0 fully saturated rings. The maximum atomic E-state index is 13.8. The lowest BCUT2D eigenvalue weighted by Crippen LogP contribution is -2.27. The van der Waals surface area contributed by atoms with Crippen LogP contribution in [0.1, 0.15) is 16.2 Å². The fourth-order valence-electron chi connectivity index (χ4n) is 2.62. The number of thioether (sulfide) groups is 1. The summed E-state index contributed by atoms with van der Waals surface area (Å²) in [5.74, 6) is -1.40. The summed E-state index contributed by atoms with van der Waals surface area (Å²) in [5, 5.41) is 13.7. The molecule has 0 spiro atoms. The molecule has 31 heavy (non-hydrogen) atoms. The monoisotopic (exact) mass is 509 g/mol. The highest BCUT2D eigenvalue weighted by Crippen LogP contribution is 2.21. The first-order valence-electron chi connectivity index (χ1n) is 9.14. The number of aromatic nitrogens is 3. The van der Waals surface area contributed by atoms with E-state index in [0.29, 0.717) is 21.9 Å². The summed E-state index contributed by atoms with van der Waals surface area (Å²) in [6.07, 6.45) is 0.376. The van der Waals surface area contributed by atoms with E-state index in [-0.39, 0.29) is 29.5 Å². The van der Waals surface area contributed by atoms with Gasteiger partial charge in [0.25, 0.3) is 5.91 Å². The van der Waals surface area contributed by atoms with E-state index in [9.17, 15) is 18.4 Å². The molecule has 0 aliphatic rings. The highest BCUT2D eigenvalue weighted by atomic mass is 79.9. The van der Waals surface area contributed by atoms with Gasteiger partial charge < -0.3 is 15.2 Å². The predicted molar refractivity (Wildman–Crippen MR) is 117 cm³/mol. The number of carbonyl (C=O) groups excluding carboxylic acids is 2. The van der Waals surface area contributed by atoms with E-state index in [0.717, 1.165) is 11.8 Å². The summed E-state index contributed by atoms with van der Waals surface area (Å²) in [6, 6.07) is 10.1. The maximum absolute atomic E-state index is 13.8. The second kappa shape index (κ2) is 10.5. The molecular formula is C20H18BrF2N5O2S. The first kappa shape index (κ1) is 22.9. The zero-order chi connectivity index (χ0) is 22.4. The number of nitrogens with one attached hydrogen (secondary N) is 2. The topological polar surface area (TPSA) is 88.9 Å². The number of hydrogen-bond donors (Lipinski definition) is 2. The number of rotatable bonds is 8. The molecule has 3 aromatic rings. The summed E-state index contributed by atoms with van der Waals surface area (Å²) in [6.45, 7) is 0.243. The summed E-state index contributed by atoms with van der Waals surface area (Å²) < 4.78 is 29.7. The average molecular weight is 510 g/mol. The minimum absolute atomic E-state index is 0.0193. The number of benzene rings is 2. The van der Waals surface area contributed by atoms with Crippen molar-refractivity contribution >= 4 is 45.2 Å². The lowest BCUT2D eigenvalue weighted by molar-refractivity contribution is -0.113. The van der Waals surface area contributed by atoms with Gasteiger partial charge in [-0.15, -0.1) is 10.2 Å². The molecule has 162 valence electrons. The predicted octanol–water partition coefficient (Wildman–Crippen LogP) is 3.56. The van der Waals surface area contributed by atoms with Crippen LogP contribution < -0.4 is 10.6 Å². The third-order valence-corrected chi connectivity index (χ3v) is 5.73. The van der Waals surface area contributed by atoms with Crippen LogP contribution in [0.25, 0.3) is 0 Å². The van der Waals surface area contributed by atoms with Crippen LogP contribution in [0, 0.1) is 11.6 Å². The van der Waals surface area contributed by atoms with E-state index < -0.39 is 17.5 Å². The first-order valence-corrected chi connectivity index (χ1v) is 10.9. The molecule has 2 aromatic carbocycles. The highest BCUT2D eigenvalue weighted by Gasteiger charge is 2.14. The van der Waals surface area contributed by atoms with Crippen LogP contribution in [0.5, 0.6) is 0 Å². The molecule has 0 atom stereocenters. The Morgan fingerprint density at radius 2 is 1.90 bits per heavy atom. The number of nitrogens with zero attached hydrogens (tertiary/aromatic N) is 3. The zero-order valence-corrected chi connectivity index (χ0v) is 18.8. The Morgan fingerprint density at radius 3 is 2.65 bits per heavy atom. The molecule has 1 aromatic heterocycles. The van der Waals surface area contributed by atoms with Crippen molar-refractivity contribution < 1.29 is 18.4 Å². The number of carbonyl (C=O) groups is 2. The van der Waals surface area contributed by atoms with Crippen LogP contribution in [0.4, 0.5) is 14.5 Å². The molecule has 7 nitrogen and oxygen atoms in total. The minimum atomic E-state index is -0.585. The van der Waals surface area contributed by atoms with Crippen molar-refractivity contribution in [3.8, 4) is 0 Å². The third kappa shape index (κ3) is 6.11. The lowest BCUT2D eigenvalue weighted by atomic mass is 10.2. The van der Waals surface area contributed by atoms with Crippen molar-refractivity contribution in [1.29, 1.82) is 0 Å². The molecule has 0 aliphatic heterocycles. The second-order valence-corrected chi connectivity index (χ2v) is 8.26. The Morgan fingerprint density at radius 1 is 1.13 bits per heavy atom. The summed E-state index contributed by atoms with van der Waals surface area (Å²) in [5.41, 5.74) is 0.0722. The molecule has 2 amide bonds. The van der Waals surface area contributed by atoms with Crippen LogP contribution in [-0.4, -0.2) is 38.9 Å². The Balaban J connectivity index is 1.49. The van der Waals surface area contributed by atoms with Crippen molar-refractivity contribution in [2.24, 2.45) is 7.05 Å². The molecule has 0 saturated heterocycles. The first-order chi connectivity index (χ1) is 14.8. The number of anilines is 1. The summed E-state index contributed by atoms with van der Waals surface area (Å²) in [7, 11) is 1.74. The third-order valence-electron chi connectivity index (χ3n) is 4.22.